The van der Waals surface area contributed by atoms with Gasteiger partial charge >= 0.3 is 12.4 Å². The van der Waals surface area contributed by atoms with Gasteiger partial charge in [-0.2, -0.15) is 26.3 Å². The molecule has 2 aromatic rings. The summed E-state index contributed by atoms with van der Waals surface area (Å²) in [4.78, 5) is 187. The van der Waals surface area contributed by atoms with Gasteiger partial charge < -0.3 is 60.0 Å². The number of carbonyl (C=O) groups excluding carboxylic acids is 12. The van der Waals surface area contributed by atoms with Gasteiger partial charge in [0.15, 0.2) is 0 Å². The second-order valence-electron chi connectivity index (χ2n) is 28.3. The van der Waals surface area contributed by atoms with Crippen LogP contribution in [0, 0.1) is 23.5 Å². The van der Waals surface area contributed by atoms with Gasteiger partial charge in [0, 0.05) is 75.8 Å². The molecule has 3 aliphatic heterocycles. The molecule has 2 saturated carbocycles. The van der Waals surface area contributed by atoms with E-state index < -0.39 is 235 Å². The fourth-order valence-electron chi connectivity index (χ4n) is 14.4. The zero-order valence-electron chi connectivity index (χ0n) is 60.4. The summed E-state index contributed by atoms with van der Waals surface area (Å²) in [5.41, 5.74) is -5.45. The number of nitrogens with one attached hydrogen (secondary N) is 3. The quantitative estimate of drug-likeness (QED) is 0.209. The van der Waals surface area contributed by atoms with Crippen LogP contribution in [0.2, 0.25) is 0 Å². The molecule has 10 atom stereocenters. The van der Waals surface area contributed by atoms with Crippen LogP contribution in [-0.4, -0.2) is 258 Å². The number of aryl methyl sites for hydroxylation is 1. The van der Waals surface area contributed by atoms with E-state index in [1.54, 1.807) is 32.9 Å². The first-order chi connectivity index (χ1) is 48.7. The second kappa shape index (κ2) is 34.4. The maximum atomic E-state index is 16.0. The van der Waals surface area contributed by atoms with Crippen molar-refractivity contribution in [3.8, 4) is 0 Å². The number of carbonyl (C=O) groups is 12. The number of rotatable bonds is 10. The van der Waals surface area contributed by atoms with Crippen molar-refractivity contribution in [2.24, 2.45) is 11.8 Å². The standard InChI is InChI=1S/C71H95F9N12O12/c1-12-40(3)58-66(102)86(7)39-56(95)88(9)50-22-15-14-18-31-91(65(50)101)53(34-41-23-26-44(27-24-41)70(75,76)77)64(100)85(6)38-54(93)81-48(28-25-42-32-46(73)57(47(74)33-42)71(78,79)80)62(98)92-37-45(72)35-51(92)61(97)83-69(29-19-30-69)68(104)90(11)59(43-20-16-17-21-43)67(103)89(10)52(63(99)84(4)5)36-55(94)87(8)49(13-2)60(96)82-58/h14-15,23-24,26-27,32-33,40,43,45,48-53,58-59H,12-13,16-22,25,28-31,34-39H2,1-11H3,(H,81,93)(H,82,96)(H,83,97)/b15-14-/t40-,45+,48+,49-,50-,51-,52-,53-,58-,59-/m0/s1. The summed E-state index contributed by atoms with van der Waals surface area (Å²) in [6, 6.07) is -7.97. The molecule has 0 unspecified atom stereocenters. The first kappa shape index (κ1) is 82.5. The number of hydrogen-bond acceptors (Lipinski definition) is 12. The Hall–Kier alpha value is -8.81. The topological polar surface area (TPSA) is 270 Å². The molecule has 574 valence electrons. The first-order valence-corrected chi connectivity index (χ1v) is 35.0. The Balaban J connectivity index is 1.32. The van der Waals surface area contributed by atoms with Gasteiger partial charge in [-0.25, -0.2) is 13.2 Å². The van der Waals surface area contributed by atoms with Crippen molar-refractivity contribution >= 4 is 70.9 Å². The van der Waals surface area contributed by atoms with Crippen LogP contribution in [0.25, 0.3) is 0 Å². The Morgan fingerprint density at radius 3 is 1.84 bits per heavy atom. The summed E-state index contributed by atoms with van der Waals surface area (Å²) >= 11 is 0. The van der Waals surface area contributed by atoms with Crippen LogP contribution in [-0.2, 0) is 82.7 Å². The third-order valence-electron chi connectivity index (χ3n) is 21.0. The van der Waals surface area contributed by atoms with Gasteiger partial charge in [0.2, 0.25) is 70.9 Å². The van der Waals surface area contributed by atoms with E-state index in [-0.39, 0.29) is 44.2 Å². The number of nitrogens with zero attached hydrogens (tertiary/aromatic N) is 9. The molecular weight excluding hydrogens is 1380 g/mol. The number of alkyl halides is 7. The van der Waals surface area contributed by atoms with Gasteiger partial charge in [-0.05, 0) is 111 Å². The highest BCUT2D eigenvalue weighted by Crippen LogP contribution is 2.40. The Bertz CT molecular complexity index is 3550. The monoisotopic (exact) mass is 1480 g/mol. The highest BCUT2D eigenvalue weighted by molar-refractivity contribution is 6.01. The number of halogens is 9. The van der Waals surface area contributed by atoms with Gasteiger partial charge in [-0.1, -0.05) is 64.3 Å². The molecule has 2 saturated heterocycles. The molecule has 0 aromatic heterocycles. The van der Waals surface area contributed by atoms with Gasteiger partial charge in [0.25, 0.3) is 0 Å². The molecule has 7 rings (SSSR count). The highest BCUT2D eigenvalue weighted by atomic mass is 19.4. The van der Waals surface area contributed by atoms with E-state index in [0.717, 1.165) is 75.4 Å². The molecule has 3 N–H and O–H groups in total. The summed E-state index contributed by atoms with van der Waals surface area (Å²) in [5, 5.41) is 7.91. The minimum atomic E-state index is -5.48. The average Bonchev–Trinajstić information content (AvgIpc) is 1.16. The van der Waals surface area contributed by atoms with Crippen molar-refractivity contribution in [1.82, 2.24) is 60.0 Å². The number of benzene rings is 2. The maximum absolute atomic E-state index is 16.0. The van der Waals surface area contributed by atoms with Gasteiger partial charge in [0.1, 0.15) is 77.2 Å². The molecule has 104 heavy (non-hydrogen) atoms. The minimum absolute atomic E-state index is 0.0287. The lowest BCUT2D eigenvalue weighted by Gasteiger charge is -2.46. The SMILES string of the molecule is CC[C@H](C)[C@@H]1NC(=O)[C@H](CC)N(C)C(=O)C[C@@H](C(=O)N(C)C)N(C)C(=O)[C@H](C2CCCC2)N(C)C(=O)C2(CCC2)NC(=O)[C@@H]2C[C@@H](F)CN2C(=O)[C@@H](CCc2cc(F)c(C(F)(F)F)c(F)c2)NC(=O)CN(C)C(=O)[C@H](Cc2ccc(C(F)(F)F)cc2)N2CC/C=C\C[C@@H](C2=O)N(C)C(=O)CN(C)C1=O. The zero-order valence-corrected chi connectivity index (χ0v) is 60.4. The van der Waals surface area contributed by atoms with Crippen LogP contribution in [0.1, 0.15) is 133 Å². The maximum Gasteiger partial charge on any atom is 0.422 e. The smallest absolute Gasteiger partial charge is 0.347 e. The normalized spacial score (nSPS) is 26.6. The molecule has 0 radical (unpaired) electrons. The number of fused-ring (bicyclic) bond motifs is 3. The lowest BCUT2D eigenvalue weighted by molar-refractivity contribution is -0.157. The Morgan fingerprint density at radius 2 is 1.28 bits per heavy atom. The second-order valence-corrected chi connectivity index (χ2v) is 28.3. The van der Waals surface area contributed by atoms with Crippen molar-refractivity contribution in [2.45, 2.75) is 196 Å². The average molecular weight is 1480 g/mol. The summed E-state index contributed by atoms with van der Waals surface area (Å²) < 4.78 is 129. The molecule has 12 amide bonds. The predicted molar refractivity (Wildman–Crippen MR) is 359 cm³/mol. The van der Waals surface area contributed by atoms with E-state index in [1.165, 1.54) is 49.3 Å². The molecule has 1 spiro atoms. The lowest BCUT2D eigenvalue weighted by atomic mass is 9.74. The van der Waals surface area contributed by atoms with Crippen LogP contribution in [0.15, 0.2) is 48.6 Å². The van der Waals surface area contributed by atoms with E-state index in [0.29, 0.717) is 50.7 Å². The van der Waals surface area contributed by atoms with Gasteiger partial charge in [-0.3, -0.25) is 57.5 Å². The predicted octanol–water partition coefficient (Wildman–Crippen LogP) is 5.04. The lowest BCUT2D eigenvalue weighted by Crippen LogP contribution is -2.68. The molecule has 5 aliphatic rings. The van der Waals surface area contributed by atoms with E-state index in [9.17, 15) is 59.9 Å². The van der Waals surface area contributed by atoms with Crippen molar-refractivity contribution in [3.05, 3.63) is 82.4 Å². The number of amides is 12. The first-order valence-electron chi connectivity index (χ1n) is 35.0. The molecule has 2 aromatic carbocycles. The van der Waals surface area contributed by atoms with Crippen molar-refractivity contribution < 1.29 is 97.0 Å². The van der Waals surface area contributed by atoms with Crippen LogP contribution >= 0.6 is 0 Å². The molecular formula is C71H95F9N12O12. The Labute approximate surface area is 598 Å². The molecule has 4 fully saturated rings. The van der Waals surface area contributed by atoms with E-state index >= 15 is 37.1 Å². The largest absolute Gasteiger partial charge is 0.422 e. The van der Waals surface area contributed by atoms with Crippen molar-refractivity contribution in [3.63, 3.8) is 0 Å². The minimum Gasteiger partial charge on any atom is -0.347 e. The molecule has 3 heterocycles. The third-order valence-corrected chi connectivity index (χ3v) is 21.0. The summed E-state index contributed by atoms with van der Waals surface area (Å²) in [6.07, 6.45) is -9.65. The van der Waals surface area contributed by atoms with Crippen LogP contribution in [0.4, 0.5) is 39.5 Å². The van der Waals surface area contributed by atoms with Gasteiger partial charge in [0.05, 0.1) is 31.6 Å². The molecule has 2 bridgehead atoms. The fourth-order valence-corrected chi connectivity index (χ4v) is 14.4. The van der Waals surface area contributed by atoms with Crippen molar-refractivity contribution in [2.75, 3.05) is 82.6 Å². The summed E-state index contributed by atoms with van der Waals surface area (Å²) in [5.74, 6) is -16.0. The van der Waals surface area contributed by atoms with Crippen LogP contribution in [0.5, 0.6) is 0 Å². The zero-order chi connectivity index (χ0) is 77.4. The summed E-state index contributed by atoms with van der Waals surface area (Å²) in [7, 11) is 10.4. The Kier molecular flexibility index (Phi) is 27.3. The van der Waals surface area contributed by atoms with E-state index in [4.69, 9.17) is 0 Å². The number of likely N-dealkylation sites (N-methyl/N-ethyl adjacent to an activating group) is 7. The molecule has 24 nitrogen and oxygen atoms in total. The van der Waals surface area contributed by atoms with Crippen LogP contribution in [0.3, 0.4) is 0 Å². The van der Waals surface area contributed by atoms with Crippen molar-refractivity contribution in [1.29, 1.82) is 0 Å². The van der Waals surface area contributed by atoms with E-state index in [1.807, 2.05) is 0 Å². The van der Waals surface area contributed by atoms with E-state index in [2.05, 4.69) is 16.0 Å². The van der Waals surface area contributed by atoms with Gasteiger partial charge in [-0.15, -0.1) is 0 Å². The highest BCUT2D eigenvalue weighted by Gasteiger charge is 2.54. The Morgan fingerprint density at radius 1 is 0.663 bits per heavy atom. The summed E-state index contributed by atoms with van der Waals surface area (Å²) in [6.45, 7) is 2.22. The molecule has 2 aliphatic carbocycles. The molecule has 33 heteroatoms. The fraction of sp³-hybridized carbons (Fsp3) is 0.634. The van der Waals surface area contributed by atoms with Crippen LogP contribution < -0.4 is 16.0 Å². The third kappa shape index (κ3) is 19.0. The number of hydrogen-bond donors (Lipinski definition) is 3.